The molecule has 0 aliphatic carbocycles. The van der Waals surface area contributed by atoms with E-state index in [0.29, 0.717) is 10.2 Å². The minimum absolute atomic E-state index is 0.114. The molecule has 0 aliphatic heterocycles. The fourth-order valence-electron chi connectivity index (χ4n) is 1.38. The summed E-state index contributed by atoms with van der Waals surface area (Å²) in [5, 5.41) is 18.5. The highest BCUT2D eigenvalue weighted by Gasteiger charge is 2.14. The number of hydrogen-bond acceptors (Lipinski definition) is 4. The van der Waals surface area contributed by atoms with Crippen LogP contribution in [0, 0.1) is 0 Å². The van der Waals surface area contributed by atoms with Gasteiger partial charge in [0, 0.05) is 11.5 Å². The highest BCUT2D eigenvalue weighted by Crippen LogP contribution is 2.19. The molecule has 0 amide bonds. The van der Waals surface area contributed by atoms with Gasteiger partial charge in [-0.05, 0) is 22.0 Å². The first-order valence-corrected chi connectivity index (χ1v) is 5.55. The van der Waals surface area contributed by atoms with Gasteiger partial charge >= 0.3 is 11.7 Å². The Balaban J connectivity index is 2.41. The van der Waals surface area contributed by atoms with Crippen molar-refractivity contribution in [1.82, 2.24) is 19.4 Å². The van der Waals surface area contributed by atoms with Crippen LogP contribution in [-0.2, 0) is 7.05 Å². The molecule has 0 aromatic carbocycles. The molecule has 0 fully saturated rings. The van der Waals surface area contributed by atoms with Gasteiger partial charge in [0.25, 0.3) is 0 Å². The van der Waals surface area contributed by atoms with Gasteiger partial charge < -0.3 is 9.67 Å². The van der Waals surface area contributed by atoms with Gasteiger partial charge in [-0.2, -0.15) is 14.9 Å². The van der Waals surface area contributed by atoms with Crippen LogP contribution < -0.4 is 5.69 Å². The highest BCUT2D eigenvalue weighted by molar-refractivity contribution is 9.10. The molecular weight excluding hydrogens is 306 g/mol. The second kappa shape index (κ2) is 4.61. The van der Waals surface area contributed by atoms with Crippen molar-refractivity contribution in [3.8, 4) is 0 Å². The molecule has 0 radical (unpaired) electrons. The highest BCUT2D eigenvalue weighted by atomic mass is 79.9. The summed E-state index contributed by atoms with van der Waals surface area (Å²) in [4.78, 5) is 22.1. The number of hydrogen-bond donors (Lipinski definition) is 2. The quantitative estimate of drug-likeness (QED) is 0.792. The molecule has 2 N–H and O–H groups in total. The Kier molecular flexibility index (Phi) is 3.15. The van der Waals surface area contributed by atoms with Crippen molar-refractivity contribution < 1.29 is 9.90 Å². The number of carboxylic acid groups (broad SMARTS) is 1. The zero-order valence-electron chi connectivity index (χ0n) is 9.16. The van der Waals surface area contributed by atoms with Crippen LogP contribution in [0.25, 0.3) is 0 Å². The number of nitrogens with one attached hydrogen (secondary N) is 1. The Morgan fingerprint density at radius 2 is 2.39 bits per heavy atom. The number of aromatic nitrogens is 4. The van der Waals surface area contributed by atoms with Crippen molar-refractivity contribution in [3.05, 3.63) is 38.7 Å². The molecule has 2 heterocycles. The van der Waals surface area contributed by atoms with Crippen LogP contribution in [0.2, 0.25) is 0 Å². The van der Waals surface area contributed by atoms with Crippen molar-refractivity contribution in [2.24, 2.45) is 12.1 Å². The summed E-state index contributed by atoms with van der Waals surface area (Å²) in [6, 6.07) is 1.46. The topological polar surface area (TPSA) is 105 Å². The normalized spacial score (nSPS) is 11.2. The summed E-state index contributed by atoms with van der Waals surface area (Å²) in [5.74, 6) is -1.04. The van der Waals surface area contributed by atoms with E-state index in [2.05, 4.69) is 31.2 Å². The second-order valence-corrected chi connectivity index (χ2v) is 4.23. The van der Waals surface area contributed by atoms with Crippen LogP contribution in [0.4, 0.5) is 0 Å². The second-order valence-electron chi connectivity index (χ2n) is 3.38. The lowest BCUT2D eigenvalue weighted by Crippen LogP contribution is -2.13. The lowest BCUT2D eigenvalue weighted by molar-refractivity contribution is 0.0686. The number of nitrogens with zero attached hydrogens (tertiary/aromatic N) is 4. The fraction of sp³-hybridized carbons (Fsp3) is 0.111. The van der Waals surface area contributed by atoms with Gasteiger partial charge in [-0.1, -0.05) is 0 Å². The van der Waals surface area contributed by atoms with E-state index in [9.17, 15) is 9.59 Å². The van der Waals surface area contributed by atoms with Crippen molar-refractivity contribution >= 4 is 28.1 Å². The number of rotatable bonds is 3. The summed E-state index contributed by atoms with van der Waals surface area (Å²) in [6.45, 7) is 0. The van der Waals surface area contributed by atoms with Crippen LogP contribution >= 0.6 is 15.9 Å². The zero-order chi connectivity index (χ0) is 13.3. The van der Waals surface area contributed by atoms with Crippen LogP contribution in [0.1, 0.15) is 16.2 Å². The third-order valence-electron chi connectivity index (χ3n) is 2.29. The first-order chi connectivity index (χ1) is 8.50. The number of carbonyl (C=O) groups is 1. The molecule has 0 saturated carbocycles. The summed E-state index contributed by atoms with van der Waals surface area (Å²) in [5.41, 5.74) is 0.165. The molecular formula is C9H8BrN5O3. The first-order valence-electron chi connectivity index (χ1n) is 4.75. The van der Waals surface area contributed by atoms with E-state index in [-0.39, 0.29) is 5.69 Å². The molecule has 0 spiro atoms. The molecule has 2 aromatic rings. The van der Waals surface area contributed by atoms with Crippen LogP contribution in [0.15, 0.2) is 26.8 Å². The van der Waals surface area contributed by atoms with Gasteiger partial charge in [0.1, 0.15) is 12.0 Å². The van der Waals surface area contributed by atoms with E-state index in [1.54, 1.807) is 7.05 Å². The lowest BCUT2D eigenvalue weighted by Gasteiger charge is -2.00. The lowest BCUT2D eigenvalue weighted by atomic mass is 10.4. The van der Waals surface area contributed by atoms with Gasteiger partial charge in [-0.25, -0.2) is 14.7 Å². The predicted molar refractivity (Wildman–Crippen MR) is 65.9 cm³/mol. The Morgan fingerprint density at radius 1 is 1.67 bits per heavy atom. The predicted octanol–water partition coefficient (Wildman–Crippen LogP) is 0.253. The fourth-order valence-corrected chi connectivity index (χ4v) is 1.96. The average Bonchev–Trinajstić information content (AvgIpc) is 2.82. The molecule has 0 atom stereocenters. The van der Waals surface area contributed by atoms with E-state index < -0.39 is 11.7 Å². The van der Waals surface area contributed by atoms with Gasteiger partial charge in [0.15, 0.2) is 0 Å². The number of aromatic amines is 1. The Morgan fingerprint density at radius 3 is 2.89 bits per heavy atom. The third kappa shape index (κ3) is 2.12. The van der Waals surface area contributed by atoms with E-state index in [1.165, 1.54) is 23.2 Å². The largest absolute Gasteiger partial charge is 0.477 e. The van der Waals surface area contributed by atoms with Gasteiger partial charge in [-0.15, -0.1) is 0 Å². The first kappa shape index (κ1) is 12.3. The number of carboxylic acids is 1. The van der Waals surface area contributed by atoms with E-state index >= 15 is 0 Å². The zero-order valence-corrected chi connectivity index (χ0v) is 10.7. The smallest absolute Gasteiger partial charge is 0.363 e. The molecule has 0 saturated heterocycles. The molecule has 2 aromatic heterocycles. The van der Waals surface area contributed by atoms with Gasteiger partial charge in [-0.3, -0.25) is 0 Å². The maximum Gasteiger partial charge on any atom is 0.363 e. The van der Waals surface area contributed by atoms with Crippen LogP contribution in [0.5, 0.6) is 0 Å². The number of aromatic carboxylic acids is 1. The summed E-state index contributed by atoms with van der Waals surface area (Å²) in [7, 11) is 1.59. The van der Waals surface area contributed by atoms with Gasteiger partial charge in [0.2, 0.25) is 0 Å². The third-order valence-corrected chi connectivity index (χ3v) is 2.92. The Bertz CT molecular complexity index is 681. The summed E-state index contributed by atoms with van der Waals surface area (Å²) < 4.78 is 3.02. The van der Waals surface area contributed by atoms with Crippen molar-refractivity contribution in [3.63, 3.8) is 0 Å². The molecule has 0 unspecified atom stereocenters. The van der Waals surface area contributed by atoms with E-state index in [1.807, 2.05) is 0 Å². The Hall–Kier alpha value is -2.16. The van der Waals surface area contributed by atoms with Crippen molar-refractivity contribution in [1.29, 1.82) is 0 Å². The summed E-state index contributed by atoms with van der Waals surface area (Å²) in [6.07, 6.45) is 2.58. The van der Waals surface area contributed by atoms with E-state index in [0.717, 1.165) is 4.68 Å². The van der Waals surface area contributed by atoms with E-state index in [4.69, 9.17) is 5.11 Å². The molecule has 18 heavy (non-hydrogen) atoms. The Labute approximate surface area is 109 Å². The monoisotopic (exact) mass is 313 g/mol. The average molecular weight is 314 g/mol. The molecule has 8 nitrogen and oxygen atoms in total. The number of H-pyrrole nitrogens is 1. The SMILES string of the molecule is Cn1c(C(=O)O)cc(Br)c1C=Nn1cn[nH]c1=O. The maximum atomic E-state index is 11.1. The van der Waals surface area contributed by atoms with Crippen molar-refractivity contribution in [2.45, 2.75) is 0 Å². The molecule has 9 heteroatoms. The van der Waals surface area contributed by atoms with Crippen LogP contribution in [-0.4, -0.2) is 36.7 Å². The number of halogens is 1. The molecule has 0 aliphatic rings. The standard InChI is InChI=1S/C9H8BrN5O3/c1-14-6(8(16)17)2-5(10)7(14)3-12-15-4-11-13-9(15)18/h2-4H,1H3,(H,13,18)(H,16,17). The molecule has 94 valence electrons. The molecule has 2 rings (SSSR count). The molecule has 0 bridgehead atoms. The van der Waals surface area contributed by atoms with Crippen LogP contribution in [0.3, 0.4) is 0 Å². The van der Waals surface area contributed by atoms with Gasteiger partial charge in [0.05, 0.1) is 11.9 Å². The summed E-state index contributed by atoms with van der Waals surface area (Å²) >= 11 is 3.23. The minimum atomic E-state index is -1.04. The minimum Gasteiger partial charge on any atom is -0.477 e. The maximum absolute atomic E-state index is 11.1. The van der Waals surface area contributed by atoms with Crippen molar-refractivity contribution in [2.75, 3.05) is 0 Å².